The lowest BCUT2D eigenvalue weighted by atomic mass is 10.0. The first-order chi connectivity index (χ1) is 15.8. The molecule has 1 heterocycles. The van der Waals surface area contributed by atoms with Crippen LogP contribution in [-0.2, 0) is 20.9 Å². The van der Waals surface area contributed by atoms with Crippen LogP contribution in [0.3, 0.4) is 0 Å². The van der Waals surface area contributed by atoms with Crippen molar-refractivity contribution in [1.82, 2.24) is 15.5 Å². The van der Waals surface area contributed by atoms with Crippen LogP contribution in [0.5, 0.6) is 0 Å². The van der Waals surface area contributed by atoms with E-state index in [0.717, 1.165) is 11.3 Å². The van der Waals surface area contributed by atoms with E-state index in [4.69, 9.17) is 9.47 Å². The fourth-order valence-electron chi connectivity index (χ4n) is 3.44. The monoisotopic (exact) mass is 607 g/mol. The largest absolute Gasteiger partial charge is 0.445 e. The van der Waals surface area contributed by atoms with Crippen LogP contribution in [-0.4, -0.2) is 72.0 Å². The van der Waals surface area contributed by atoms with Crippen molar-refractivity contribution < 1.29 is 23.9 Å². The van der Waals surface area contributed by atoms with Crippen molar-refractivity contribution in [1.29, 1.82) is 0 Å². The second-order valence-corrected chi connectivity index (χ2v) is 20.3. The Labute approximate surface area is 216 Å². The number of amides is 3. The van der Waals surface area contributed by atoms with Gasteiger partial charge in [0.25, 0.3) is 0 Å². The third-order valence-electron chi connectivity index (χ3n) is 5.20. The number of hydrogen-bond acceptors (Lipinski definition) is 5. The molecule has 0 saturated carbocycles. The number of ether oxygens (including phenoxy) is 2. The second kappa shape index (κ2) is 12.9. The Morgan fingerprint density at radius 1 is 1.15 bits per heavy atom. The molecular weight excluding hydrogens is 569 g/mol. The highest BCUT2D eigenvalue weighted by Crippen LogP contribution is 2.49. The van der Waals surface area contributed by atoms with E-state index >= 15 is 0 Å². The van der Waals surface area contributed by atoms with Gasteiger partial charge in [0.1, 0.15) is 18.2 Å². The number of nitrogens with zero attached hydrogens (tertiary/aromatic N) is 1. The zero-order valence-corrected chi connectivity index (χ0v) is 23.7. The molecule has 3 amide bonds. The molecule has 1 aromatic rings. The molecule has 8 nitrogen and oxygen atoms in total. The maximum Gasteiger partial charge on any atom is 0.410 e. The van der Waals surface area contributed by atoms with E-state index in [1.165, 1.54) is 0 Å². The summed E-state index contributed by atoms with van der Waals surface area (Å²) < 4.78 is 10.8. The summed E-state index contributed by atoms with van der Waals surface area (Å²) in [6, 6.07) is 8.84. The molecule has 0 aliphatic carbocycles. The van der Waals surface area contributed by atoms with Gasteiger partial charge in [-0.05, 0) is 85.1 Å². The van der Waals surface area contributed by atoms with Crippen LogP contribution >= 0.6 is 28.4 Å². The molecule has 1 atom stereocenters. The molecule has 0 unspecified atom stereocenters. The minimum Gasteiger partial charge on any atom is -0.445 e. The highest BCUT2D eigenvalue weighted by molar-refractivity contribution is 14.2. The fraction of sp³-hybridized carbons (Fsp3) is 0.625. The molecule has 34 heavy (non-hydrogen) atoms. The number of nitrogens with one attached hydrogen (secondary N) is 2. The Morgan fingerprint density at radius 3 is 2.32 bits per heavy atom. The normalized spacial score (nSPS) is 16.4. The fourth-order valence-corrected chi connectivity index (χ4v) is 4.99. The molecule has 0 bridgehead atoms. The van der Waals surface area contributed by atoms with Gasteiger partial charge in [-0.1, -0.05) is 30.3 Å². The lowest BCUT2D eigenvalue weighted by Crippen LogP contribution is -2.53. The van der Waals surface area contributed by atoms with Gasteiger partial charge in [0.2, 0.25) is 5.91 Å². The number of halogens is 1. The Balaban J connectivity index is 1.84. The zero-order chi connectivity index (χ0) is 25.4. The molecule has 2 N–H and O–H groups in total. The number of likely N-dealkylation sites (tertiary alicyclic amines) is 1. The smallest absolute Gasteiger partial charge is 0.410 e. The summed E-state index contributed by atoms with van der Waals surface area (Å²) in [4.78, 5) is 39.4. The van der Waals surface area contributed by atoms with Crippen molar-refractivity contribution in [3.8, 4) is 0 Å². The van der Waals surface area contributed by atoms with E-state index in [9.17, 15) is 14.4 Å². The summed E-state index contributed by atoms with van der Waals surface area (Å²) in [7, 11) is -0.859. The van der Waals surface area contributed by atoms with Gasteiger partial charge in [0.15, 0.2) is 0 Å². The summed E-state index contributed by atoms with van der Waals surface area (Å²) in [6.45, 7) is 6.62. The maximum absolute atomic E-state index is 13.0. The molecule has 1 fully saturated rings. The molecule has 0 aromatic heterocycles. The zero-order valence-electron chi connectivity index (χ0n) is 20.8. The van der Waals surface area contributed by atoms with Gasteiger partial charge in [-0.25, -0.2) is 9.59 Å². The second-order valence-electron chi connectivity index (χ2n) is 9.91. The Morgan fingerprint density at radius 2 is 1.76 bits per heavy atom. The third kappa shape index (κ3) is 11.2. The summed E-state index contributed by atoms with van der Waals surface area (Å²) >= 11 is 2.42. The average molecular weight is 608 g/mol. The highest BCUT2D eigenvalue weighted by atomic mass is 127. The molecule has 192 valence electrons. The molecule has 10 heteroatoms. The van der Waals surface area contributed by atoms with Gasteiger partial charge in [-0.15, -0.1) is 0 Å². The van der Waals surface area contributed by atoms with Crippen LogP contribution in [0, 0.1) is 0 Å². The van der Waals surface area contributed by atoms with Gasteiger partial charge < -0.3 is 25.0 Å². The van der Waals surface area contributed by atoms with Crippen molar-refractivity contribution >= 4 is 46.5 Å². The van der Waals surface area contributed by atoms with Crippen LogP contribution in [0.1, 0.15) is 45.6 Å². The van der Waals surface area contributed by atoms with Crippen LogP contribution in [0.15, 0.2) is 30.3 Å². The molecule has 1 aliphatic rings. The van der Waals surface area contributed by atoms with Gasteiger partial charge in [-0.2, -0.15) is 7.20 Å². The minimum atomic E-state index is -0.859. The van der Waals surface area contributed by atoms with E-state index in [-0.39, 0.29) is 24.6 Å². The minimum absolute atomic E-state index is 0.0615. The van der Waals surface area contributed by atoms with Crippen LogP contribution in [0.25, 0.3) is 0 Å². The Hall–Kier alpha value is -1.69. The number of carbonyl (C=O) groups is 3. The molecule has 0 radical (unpaired) electrons. The quantitative estimate of drug-likeness (QED) is 0.422. The Bertz CT molecular complexity index is 818. The van der Waals surface area contributed by atoms with E-state index in [2.05, 4.69) is 44.4 Å². The summed E-state index contributed by atoms with van der Waals surface area (Å²) in [5.41, 5.74) is 0.305. The summed E-state index contributed by atoms with van der Waals surface area (Å²) in [5, 5.41) is 5.81. The van der Waals surface area contributed by atoms with E-state index in [1.54, 1.807) is 25.7 Å². The highest BCUT2D eigenvalue weighted by Gasteiger charge is 2.29. The van der Waals surface area contributed by atoms with Crippen LogP contribution in [0.4, 0.5) is 9.59 Å². The topological polar surface area (TPSA) is 97.0 Å². The van der Waals surface area contributed by atoms with Crippen molar-refractivity contribution in [3.63, 3.8) is 0 Å². The third-order valence-corrected chi connectivity index (χ3v) is 7.73. The molecule has 1 saturated heterocycles. The average Bonchev–Trinajstić information content (AvgIpc) is 2.74. The van der Waals surface area contributed by atoms with Crippen molar-refractivity contribution in [2.24, 2.45) is 0 Å². The van der Waals surface area contributed by atoms with E-state index in [0.29, 0.717) is 32.4 Å². The van der Waals surface area contributed by atoms with Gasteiger partial charge in [-0.3, -0.25) is 4.79 Å². The van der Waals surface area contributed by atoms with Gasteiger partial charge in [0, 0.05) is 19.1 Å². The molecular formula is C24H38IN3O5S. The molecule has 1 aromatic carbocycles. The SMILES string of the molecule is CC(C)(C)OC(=O)N[C@@H](CCS(C)(C)I)C(=O)NC1CCN(C(=O)OCc2ccccc2)CC1. The molecule has 2 rings (SSSR count). The van der Waals surface area contributed by atoms with Crippen molar-refractivity contribution in [2.45, 2.75) is 64.3 Å². The molecule has 1 aliphatic heterocycles. The first-order valence-corrected chi connectivity index (χ1v) is 16.6. The van der Waals surface area contributed by atoms with Gasteiger partial charge in [0.05, 0.1) is 0 Å². The summed E-state index contributed by atoms with van der Waals surface area (Å²) in [5.74, 6) is 0.628. The lowest BCUT2D eigenvalue weighted by Gasteiger charge is -2.33. The lowest BCUT2D eigenvalue weighted by molar-refractivity contribution is -0.124. The van der Waals surface area contributed by atoms with E-state index in [1.807, 2.05) is 30.3 Å². The number of carbonyl (C=O) groups excluding carboxylic acids is 3. The van der Waals surface area contributed by atoms with Crippen LogP contribution < -0.4 is 10.6 Å². The number of hydrogen-bond donors (Lipinski definition) is 2. The van der Waals surface area contributed by atoms with Crippen molar-refractivity contribution in [3.05, 3.63) is 35.9 Å². The summed E-state index contributed by atoms with van der Waals surface area (Å²) in [6.07, 6.45) is 5.21. The van der Waals surface area contributed by atoms with Crippen LogP contribution in [0.2, 0.25) is 0 Å². The number of rotatable bonds is 8. The Kier molecular flexibility index (Phi) is 10.8. The standard InChI is InChI=1S/C24H38IN3O5S/c1-24(2,3)33-22(30)27-20(13-16-34(4,5)25)21(29)26-19-11-14-28(15-12-19)23(31)32-17-18-9-7-6-8-10-18/h6-10,19-20H,11-17H2,1-5H3,(H,26,29)(H,27,30)/t20-/m0/s1. The number of alkyl carbamates (subject to hydrolysis) is 1. The van der Waals surface area contributed by atoms with E-state index < -0.39 is 24.9 Å². The predicted octanol–water partition coefficient (Wildman–Crippen LogP) is 4.60. The molecule has 0 spiro atoms. The maximum atomic E-state index is 13.0. The number of piperidine rings is 1. The first kappa shape index (κ1) is 28.5. The first-order valence-electron chi connectivity index (χ1n) is 11.5. The predicted molar refractivity (Wildman–Crippen MR) is 145 cm³/mol. The van der Waals surface area contributed by atoms with Gasteiger partial charge >= 0.3 is 12.2 Å². The van der Waals surface area contributed by atoms with Crippen molar-refractivity contribution in [2.75, 3.05) is 31.4 Å². The number of benzene rings is 1.